The van der Waals surface area contributed by atoms with Crippen LogP contribution < -0.4 is 0 Å². The standard InChI is InChI=1S/C14H14Cl6O4/c1-21-13(22-2)7-5(6(15)8(13)16)11(19)9(17)10(18)12(7,20)14(11,23-3)24-4/h5,7H,1-4H3/t5-,7-,11-,12-/m0/s1. The number of fused-ring (bicyclic) bond motifs is 5. The van der Waals surface area contributed by atoms with E-state index >= 15 is 0 Å². The van der Waals surface area contributed by atoms with Gasteiger partial charge in [0.05, 0.1) is 21.0 Å². The summed E-state index contributed by atoms with van der Waals surface area (Å²) in [7, 11) is 5.65. The second-order valence-corrected chi connectivity index (χ2v) is 8.50. The molecule has 2 bridgehead atoms. The Hall–Kier alpha value is 1.06. The molecule has 0 aromatic carbocycles. The van der Waals surface area contributed by atoms with Crippen molar-refractivity contribution in [1.29, 1.82) is 0 Å². The van der Waals surface area contributed by atoms with Gasteiger partial charge in [-0.1, -0.05) is 46.4 Å². The Kier molecular flexibility index (Phi) is 4.77. The first-order valence-corrected chi connectivity index (χ1v) is 9.09. The van der Waals surface area contributed by atoms with Crippen molar-refractivity contribution >= 4 is 69.6 Å². The van der Waals surface area contributed by atoms with Gasteiger partial charge in [0.25, 0.3) is 0 Å². The van der Waals surface area contributed by atoms with E-state index < -0.39 is 33.2 Å². The van der Waals surface area contributed by atoms with Crippen LogP contribution in [0.1, 0.15) is 0 Å². The molecule has 0 spiro atoms. The van der Waals surface area contributed by atoms with Crippen molar-refractivity contribution in [1.82, 2.24) is 0 Å². The number of methoxy groups -OCH3 is 4. The molecule has 0 aromatic heterocycles. The highest BCUT2D eigenvalue weighted by Gasteiger charge is 2.90. The van der Waals surface area contributed by atoms with Gasteiger partial charge in [0.1, 0.15) is 9.75 Å². The Morgan fingerprint density at radius 3 is 1.58 bits per heavy atom. The van der Waals surface area contributed by atoms with Crippen LogP contribution >= 0.6 is 69.6 Å². The minimum Gasteiger partial charge on any atom is -0.350 e. The van der Waals surface area contributed by atoms with Crippen LogP contribution in [-0.2, 0) is 18.9 Å². The quantitative estimate of drug-likeness (QED) is 0.456. The van der Waals surface area contributed by atoms with Gasteiger partial charge in [0.15, 0.2) is 0 Å². The fourth-order valence-electron chi connectivity index (χ4n) is 4.45. The fourth-order valence-corrected chi connectivity index (χ4v) is 7.54. The number of rotatable bonds is 4. The average Bonchev–Trinajstić information content (AvgIpc) is 2.97. The summed E-state index contributed by atoms with van der Waals surface area (Å²) in [5, 5.41) is 0.524. The summed E-state index contributed by atoms with van der Waals surface area (Å²) in [6.45, 7) is 0. The average molecular weight is 459 g/mol. The highest BCUT2D eigenvalue weighted by Crippen LogP contribution is 2.80. The molecular weight excluding hydrogens is 445 g/mol. The van der Waals surface area contributed by atoms with E-state index in [1.165, 1.54) is 28.4 Å². The maximum absolute atomic E-state index is 7.02. The lowest BCUT2D eigenvalue weighted by Gasteiger charge is -2.44. The van der Waals surface area contributed by atoms with E-state index in [1.807, 2.05) is 0 Å². The summed E-state index contributed by atoms with van der Waals surface area (Å²) in [5.41, 5.74) is 0. The van der Waals surface area contributed by atoms with Crippen molar-refractivity contribution in [2.45, 2.75) is 21.3 Å². The molecule has 3 aliphatic rings. The molecule has 10 heteroatoms. The Labute approximate surface area is 169 Å². The monoisotopic (exact) mass is 456 g/mol. The summed E-state index contributed by atoms with van der Waals surface area (Å²) in [6.07, 6.45) is 0. The van der Waals surface area contributed by atoms with Crippen molar-refractivity contribution in [3.63, 3.8) is 0 Å². The summed E-state index contributed by atoms with van der Waals surface area (Å²) in [6, 6.07) is 0. The summed E-state index contributed by atoms with van der Waals surface area (Å²) >= 11 is 39.9. The van der Waals surface area contributed by atoms with Crippen molar-refractivity contribution in [2.75, 3.05) is 28.4 Å². The van der Waals surface area contributed by atoms with Gasteiger partial charge in [-0.3, -0.25) is 0 Å². The molecule has 0 saturated heterocycles. The lowest BCUT2D eigenvalue weighted by atomic mass is 9.81. The third kappa shape index (κ3) is 1.63. The van der Waals surface area contributed by atoms with E-state index in [2.05, 4.69) is 0 Å². The zero-order valence-corrected chi connectivity index (χ0v) is 17.6. The van der Waals surface area contributed by atoms with E-state index in [-0.39, 0.29) is 20.1 Å². The fraction of sp³-hybridized carbons (Fsp3) is 0.714. The van der Waals surface area contributed by atoms with Gasteiger partial charge < -0.3 is 18.9 Å². The number of hydrogen-bond acceptors (Lipinski definition) is 4. The second kappa shape index (κ2) is 5.78. The zero-order chi connectivity index (χ0) is 18.3. The minimum atomic E-state index is -1.60. The molecule has 4 nitrogen and oxygen atoms in total. The molecule has 1 fully saturated rings. The van der Waals surface area contributed by atoms with E-state index in [4.69, 9.17) is 88.6 Å². The van der Waals surface area contributed by atoms with Crippen LogP contribution in [0.3, 0.4) is 0 Å². The normalized spacial score (nSPS) is 42.2. The lowest BCUT2D eigenvalue weighted by Crippen LogP contribution is -2.60. The maximum atomic E-state index is 7.02. The second-order valence-electron chi connectivity index (χ2n) is 5.77. The van der Waals surface area contributed by atoms with Gasteiger partial charge >= 0.3 is 0 Å². The highest BCUT2D eigenvalue weighted by molar-refractivity contribution is 6.53. The molecule has 24 heavy (non-hydrogen) atoms. The van der Waals surface area contributed by atoms with Gasteiger partial charge in [0.2, 0.25) is 11.6 Å². The molecule has 4 atom stereocenters. The minimum absolute atomic E-state index is 0.0834. The van der Waals surface area contributed by atoms with Crippen LogP contribution in [0.5, 0.6) is 0 Å². The van der Waals surface area contributed by atoms with Crippen molar-refractivity contribution in [2.24, 2.45) is 11.8 Å². The van der Waals surface area contributed by atoms with E-state index in [9.17, 15) is 0 Å². The summed E-state index contributed by atoms with van der Waals surface area (Å²) < 4.78 is 22.5. The van der Waals surface area contributed by atoms with E-state index in [1.54, 1.807) is 0 Å². The first kappa shape index (κ1) is 19.8. The molecule has 0 radical (unpaired) electrons. The lowest BCUT2D eigenvalue weighted by molar-refractivity contribution is -0.243. The predicted octanol–water partition coefficient (Wildman–Crippen LogP) is 4.57. The van der Waals surface area contributed by atoms with Crippen LogP contribution in [0.4, 0.5) is 0 Å². The number of halogens is 6. The molecule has 136 valence electrons. The topological polar surface area (TPSA) is 36.9 Å². The van der Waals surface area contributed by atoms with E-state index in [0.29, 0.717) is 0 Å². The molecule has 3 rings (SSSR count). The molecule has 0 aromatic rings. The SMILES string of the molecule is COC1(OC)C(Cl)=C(Cl)[C@H]2[C@H]1[C@]1(Cl)C(Cl)=C(Cl)[C@]2(Cl)C1(OC)OC. The Morgan fingerprint density at radius 2 is 1.17 bits per heavy atom. The zero-order valence-electron chi connectivity index (χ0n) is 13.1. The van der Waals surface area contributed by atoms with Crippen molar-refractivity contribution in [3.05, 3.63) is 20.1 Å². The number of alkyl halides is 2. The maximum Gasteiger partial charge on any atom is 0.218 e. The molecule has 0 heterocycles. The summed E-state index contributed by atoms with van der Waals surface area (Å²) in [4.78, 5) is -3.04. The molecular formula is C14H14Cl6O4. The number of ether oxygens (including phenoxy) is 4. The van der Waals surface area contributed by atoms with Crippen LogP contribution in [-0.4, -0.2) is 49.8 Å². The largest absolute Gasteiger partial charge is 0.350 e. The molecule has 0 amide bonds. The highest BCUT2D eigenvalue weighted by atomic mass is 35.5. The number of hydrogen-bond donors (Lipinski definition) is 0. The van der Waals surface area contributed by atoms with Crippen LogP contribution in [0.15, 0.2) is 20.1 Å². The molecule has 0 N–H and O–H groups in total. The van der Waals surface area contributed by atoms with Gasteiger partial charge in [-0.2, -0.15) is 0 Å². The third-order valence-corrected chi connectivity index (χ3v) is 8.96. The van der Waals surface area contributed by atoms with Crippen LogP contribution in [0.2, 0.25) is 0 Å². The molecule has 0 aliphatic heterocycles. The van der Waals surface area contributed by atoms with Crippen molar-refractivity contribution in [3.8, 4) is 0 Å². The van der Waals surface area contributed by atoms with Crippen LogP contribution in [0.25, 0.3) is 0 Å². The van der Waals surface area contributed by atoms with Gasteiger partial charge in [0, 0.05) is 39.4 Å². The number of allylic oxidation sites excluding steroid dienone is 1. The molecule has 1 saturated carbocycles. The Balaban J connectivity index is 2.41. The third-order valence-electron chi connectivity index (χ3n) is 5.36. The van der Waals surface area contributed by atoms with E-state index in [0.717, 1.165) is 0 Å². The van der Waals surface area contributed by atoms with Crippen molar-refractivity contribution < 1.29 is 18.9 Å². The smallest absolute Gasteiger partial charge is 0.218 e. The van der Waals surface area contributed by atoms with Gasteiger partial charge in [-0.05, 0) is 0 Å². The van der Waals surface area contributed by atoms with Crippen LogP contribution in [0, 0.1) is 11.8 Å². The first-order chi connectivity index (χ1) is 11.1. The molecule has 0 unspecified atom stereocenters. The summed E-state index contributed by atoms with van der Waals surface area (Å²) in [5.74, 6) is -4.51. The predicted molar refractivity (Wildman–Crippen MR) is 95.1 cm³/mol. The Bertz CT molecular complexity index is 656. The van der Waals surface area contributed by atoms with Gasteiger partial charge in [-0.25, -0.2) is 0 Å². The first-order valence-electron chi connectivity index (χ1n) is 6.82. The Morgan fingerprint density at radius 1 is 0.708 bits per heavy atom. The molecule has 3 aliphatic carbocycles. The van der Waals surface area contributed by atoms with Gasteiger partial charge in [-0.15, -0.1) is 23.2 Å².